The smallest absolute Gasteiger partial charge is 0.316 e. The second-order valence-electron chi connectivity index (χ2n) is 13.0. The number of ether oxygens (including phenoxy) is 2. The summed E-state index contributed by atoms with van der Waals surface area (Å²) in [5, 5.41) is 0. The predicted molar refractivity (Wildman–Crippen MR) is 175 cm³/mol. The number of benzene rings is 3. The number of hydrogen-bond acceptors (Lipinski definition) is 4. The summed E-state index contributed by atoms with van der Waals surface area (Å²) in [6, 6.07) is 25.7. The molecule has 1 fully saturated rings. The van der Waals surface area contributed by atoms with E-state index in [9.17, 15) is 4.79 Å². The van der Waals surface area contributed by atoms with Gasteiger partial charge in [0.1, 0.15) is 18.1 Å². The molecular weight excluding hydrogens is 518 g/mol. The molecular formula is C38H49NO3. The monoisotopic (exact) mass is 567 g/mol. The van der Waals surface area contributed by atoms with Crippen molar-refractivity contribution in [1.82, 2.24) is 4.90 Å². The van der Waals surface area contributed by atoms with Crippen molar-refractivity contribution in [2.75, 3.05) is 27.2 Å². The van der Waals surface area contributed by atoms with Crippen molar-refractivity contribution in [3.05, 3.63) is 95.1 Å². The highest BCUT2D eigenvalue weighted by molar-refractivity contribution is 5.99. The van der Waals surface area contributed by atoms with E-state index in [1.165, 1.54) is 59.9 Å². The van der Waals surface area contributed by atoms with Crippen LogP contribution in [0, 0.1) is 11.3 Å². The van der Waals surface area contributed by atoms with Gasteiger partial charge in [0.25, 0.3) is 0 Å². The Kier molecular flexibility index (Phi) is 11.0. The summed E-state index contributed by atoms with van der Waals surface area (Å²) in [6.07, 6.45) is 8.61. The quantitative estimate of drug-likeness (QED) is 0.132. The van der Waals surface area contributed by atoms with Crippen LogP contribution in [0.3, 0.4) is 0 Å². The zero-order valence-corrected chi connectivity index (χ0v) is 26.5. The maximum absolute atomic E-state index is 12.5. The normalized spacial score (nSPS) is 14.9. The molecule has 1 aliphatic rings. The molecule has 1 saturated carbocycles. The third-order valence-electron chi connectivity index (χ3n) is 8.15. The van der Waals surface area contributed by atoms with Gasteiger partial charge in [-0.25, -0.2) is 0 Å². The van der Waals surface area contributed by atoms with Crippen molar-refractivity contribution in [2.24, 2.45) is 11.3 Å². The summed E-state index contributed by atoms with van der Waals surface area (Å²) in [5.41, 5.74) is 6.97. The van der Waals surface area contributed by atoms with E-state index in [2.05, 4.69) is 86.6 Å². The average molecular weight is 568 g/mol. The summed E-state index contributed by atoms with van der Waals surface area (Å²) in [4.78, 5) is 14.7. The fraction of sp³-hybridized carbons (Fsp3) is 0.447. The van der Waals surface area contributed by atoms with E-state index >= 15 is 0 Å². The fourth-order valence-corrected chi connectivity index (χ4v) is 5.51. The molecule has 0 unspecified atom stereocenters. The minimum atomic E-state index is -0.558. The van der Waals surface area contributed by atoms with Crippen LogP contribution in [-0.4, -0.2) is 38.1 Å². The Hall–Kier alpha value is -3.37. The van der Waals surface area contributed by atoms with Crippen LogP contribution in [0.1, 0.15) is 88.5 Å². The zero-order valence-electron chi connectivity index (χ0n) is 26.5. The third-order valence-corrected chi connectivity index (χ3v) is 8.15. The number of hydrogen-bond donors (Lipinski definition) is 0. The first-order chi connectivity index (χ1) is 20.1. The van der Waals surface area contributed by atoms with Crippen LogP contribution in [0.2, 0.25) is 0 Å². The number of likely N-dealkylation sites (N-methyl/N-ethyl adjacent to an activating group) is 1. The molecule has 0 saturated heterocycles. The Morgan fingerprint density at radius 1 is 0.786 bits per heavy atom. The molecule has 4 rings (SSSR count). The molecule has 0 spiro atoms. The van der Waals surface area contributed by atoms with Gasteiger partial charge in [0.2, 0.25) is 0 Å². The van der Waals surface area contributed by atoms with Crippen molar-refractivity contribution in [3.63, 3.8) is 0 Å². The number of nitrogens with zero attached hydrogens (tertiary/aromatic N) is 1. The molecule has 224 valence electrons. The molecule has 0 amide bonds. The molecule has 0 radical (unpaired) electrons. The van der Waals surface area contributed by atoms with Crippen LogP contribution < -0.4 is 9.47 Å². The number of esters is 1. The molecule has 42 heavy (non-hydrogen) atoms. The van der Waals surface area contributed by atoms with E-state index in [-0.39, 0.29) is 5.97 Å². The average Bonchev–Trinajstić information content (AvgIpc) is 2.98. The fourth-order valence-electron chi connectivity index (χ4n) is 5.51. The molecule has 0 aromatic heterocycles. The molecule has 1 aliphatic carbocycles. The first-order valence-corrected chi connectivity index (χ1v) is 15.7. The van der Waals surface area contributed by atoms with Crippen LogP contribution >= 0.6 is 0 Å². The summed E-state index contributed by atoms with van der Waals surface area (Å²) in [7, 11) is 4.11. The third kappa shape index (κ3) is 8.82. The number of allylic oxidation sites excluding steroid dienone is 1. The van der Waals surface area contributed by atoms with E-state index < -0.39 is 5.41 Å². The largest absolute Gasteiger partial charge is 0.492 e. The Morgan fingerprint density at radius 2 is 1.33 bits per heavy atom. The molecule has 3 aromatic carbocycles. The Bertz CT molecular complexity index is 1310. The number of rotatable bonds is 11. The highest BCUT2D eigenvalue weighted by Gasteiger charge is 2.24. The molecule has 0 atom stereocenters. The summed E-state index contributed by atoms with van der Waals surface area (Å²) in [6.45, 7) is 9.35. The van der Waals surface area contributed by atoms with Crippen LogP contribution in [0.4, 0.5) is 0 Å². The van der Waals surface area contributed by atoms with Crippen molar-refractivity contribution >= 4 is 17.1 Å². The van der Waals surface area contributed by atoms with Crippen LogP contribution in [0.25, 0.3) is 11.1 Å². The minimum absolute atomic E-state index is 0.232. The number of carbonyl (C=O) groups is 1. The molecule has 0 bridgehead atoms. The van der Waals surface area contributed by atoms with E-state index in [0.717, 1.165) is 30.7 Å². The van der Waals surface area contributed by atoms with Gasteiger partial charge in [-0.15, -0.1) is 0 Å². The summed E-state index contributed by atoms with van der Waals surface area (Å²) in [5.74, 6) is 1.90. The Morgan fingerprint density at radius 3 is 1.86 bits per heavy atom. The van der Waals surface area contributed by atoms with Gasteiger partial charge < -0.3 is 14.4 Å². The van der Waals surface area contributed by atoms with E-state index in [0.29, 0.717) is 18.3 Å². The van der Waals surface area contributed by atoms with Gasteiger partial charge in [0.05, 0.1) is 5.41 Å². The molecule has 4 nitrogen and oxygen atoms in total. The van der Waals surface area contributed by atoms with Gasteiger partial charge in [-0.3, -0.25) is 4.79 Å². The second-order valence-corrected chi connectivity index (χ2v) is 13.0. The Balaban J connectivity index is 1.79. The highest BCUT2D eigenvalue weighted by atomic mass is 16.5. The topological polar surface area (TPSA) is 38.8 Å². The number of aryl methyl sites for hydroxylation is 1. The minimum Gasteiger partial charge on any atom is -0.492 e. The van der Waals surface area contributed by atoms with Gasteiger partial charge in [-0.2, -0.15) is 0 Å². The van der Waals surface area contributed by atoms with Gasteiger partial charge in [-0.1, -0.05) is 87.6 Å². The summed E-state index contributed by atoms with van der Waals surface area (Å²) >= 11 is 0. The van der Waals surface area contributed by atoms with Gasteiger partial charge in [0, 0.05) is 6.54 Å². The Labute approximate surface area is 253 Å². The van der Waals surface area contributed by atoms with Crippen molar-refractivity contribution < 1.29 is 14.3 Å². The number of carbonyl (C=O) groups excluding carboxylic acids is 1. The molecule has 0 heterocycles. The van der Waals surface area contributed by atoms with Crippen LogP contribution in [0.15, 0.2) is 72.8 Å². The van der Waals surface area contributed by atoms with Crippen LogP contribution in [-0.2, 0) is 11.2 Å². The van der Waals surface area contributed by atoms with E-state index in [1.807, 2.05) is 32.9 Å². The lowest BCUT2D eigenvalue weighted by atomic mass is 9.79. The maximum atomic E-state index is 12.5. The first-order valence-electron chi connectivity index (χ1n) is 15.7. The van der Waals surface area contributed by atoms with Crippen molar-refractivity contribution in [2.45, 2.75) is 72.6 Å². The van der Waals surface area contributed by atoms with Gasteiger partial charge in [0.15, 0.2) is 0 Å². The van der Waals surface area contributed by atoms with Crippen molar-refractivity contribution in [1.29, 1.82) is 0 Å². The highest BCUT2D eigenvalue weighted by Crippen LogP contribution is 2.40. The lowest BCUT2D eigenvalue weighted by Gasteiger charge is -2.26. The lowest BCUT2D eigenvalue weighted by molar-refractivity contribution is -0.143. The second kappa shape index (κ2) is 14.7. The zero-order chi connectivity index (χ0) is 30.1. The van der Waals surface area contributed by atoms with E-state index in [4.69, 9.17) is 9.47 Å². The maximum Gasteiger partial charge on any atom is 0.316 e. The molecule has 4 heteroatoms. The molecule has 0 aliphatic heterocycles. The lowest BCUT2D eigenvalue weighted by Crippen LogP contribution is -2.25. The molecule has 3 aromatic rings. The molecule has 0 N–H and O–H groups in total. The SMILES string of the molecule is CCc1ccc(/C(CC2CCCCC2)=C(\c2ccc(OCCN(C)C)cc2)c2ccc(OC(=O)C(C)(C)C)cc2)cc1. The standard InChI is InChI=1S/C38H49NO3/c1-7-28-13-15-30(16-14-28)35(27-29-11-9-8-10-12-29)36(31-17-21-33(22-18-31)41-26-25-39(5)6)32-19-23-34(24-20-32)42-37(40)38(2,3)4/h13-24,29H,7-12,25-27H2,1-6H3/b36-35+. The van der Waals surface area contributed by atoms with E-state index in [1.54, 1.807) is 0 Å². The van der Waals surface area contributed by atoms with Crippen molar-refractivity contribution in [3.8, 4) is 11.5 Å². The predicted octanol–water partition coefficient (Wildman–Crippen LogP) is 9.07. The van der Waals surface area contributed by atoms with Gasteiger partial charge in [-0.05, 0) is 111 Å². The first kappa shape index (κ1) is 31.6. The van der Waals surface area contributed by atoms with Gasteiger partial charge >= 0.3 is 5.97 Å². The van der Waals surface area contributed by atoms with Crippen LogP contribution in [0.5, 0.6) is 11.5 Å². The summed E-state index contributed by atoms with van der Waals surface area (Å²) < 4.78 is 11.7.